The van der Waals surface area contributed by atoms with Crippen LogP contribution in [0.5, 0.6) is 0 Å². The third-order valence-corrected chi connectivity index (χ3v) is 4.39. The molecule has 1 rings (SSSR count). The molecule has 0 aliphatic carbocycles. The summed E-state index contributed by atoms with van der Waals surface area (Å²) in [5, 5.41) is 0.963. The second kappa shape index (κ2) is 5.46. The molecule has 0 bridgehead atoms. The number of hydrogen-bond acceptors (Lipinski definition) is 2. The Balaban J connectivity index is 2.81. The van der Waals surface area contributed by atoms with Gasteiger partial charge in [0.2, 0.25) is 0 Å². The highest BCUT2D eigenvalue weighted by atomic mass is 35.5. The van der Waals surface area contributed by atoms with E-state index < -0.39 is 4.33 Å². The molecule has 0 atom stereocenters. The predicted molar refractivity (Wildman–Crippen MR) is 67.3 cm³/mol. The van der Waals surface area contributed by atoms with E-state index in [1.54, 1.807) is 16.7 Å². The highest BCUT2D eigenvalue weighted by Crippen LogP contribution is 2.34. The van der Waals surface area contributed by atoms with Gasteiger partial charge in [0, 0.05) is 12.3 Å². The van der Waals surface area contributed by atoms with Crippen LogP contribution in [0.25, 0.3) is 0 Å². The summed E-state index contributed by atoms with van der Waals surface area (Å²) in [5.74, 6) is 0.848. The molecular formula is C10H15Cl2NOS. The lowest BCUT2D eigenvalue weighted by molar-refractivity contribution is -0.129. The first-order chi connectivity index (χ1) is 7.03. The van der Waals surface area contributed by atoms with Gasteiger partial charge in [0.1, 0.15) is 0 Å². The van der Waals surface area contributed by atoms with Gasteiger partial charge in [-0.25, -0.2) is 0 Å². The van der Waals surface area contributed by atoms with Gasteiger partial charge in [0.25, 0.3) is 5.91 Å². The molecule has 2 nitrogen and oxygen atoms in total. The lowest BCUT2D eigenvalue weighted by Crippen LogP contribution is -2.42. The van der Waals surface area contributed by atoms with E-state index in [9.17, 15) is 4.79 Å². The quantitative estimate of drug-likeness (QED) is 0.715. The second-order valence-corrected chi connectivity index (χ2v) is 5.94. The molecule has 0 aromatic rings. The Kier molecular flexibility index (Phi) is 4.81. The van der Waals surface area contributed by atoms with Crippen molar-refractivity contribution >= 4 is 40.9 Å². The number of rotatable bonds is 2. The van der Waals surface area contributed by atoms with Crippen LogP contribution in [0.3, 0.4) is 0 Å². The lowest BCUT2D eigenvalue weighted by Gasteiger charge is -2.32. The van der Waals surface area contributed by atoms with Crippen molar-refractivity contribution < 1.29 is 4.79 Å². The Morgan fingerprint density at radius 1 is 1.67 bits per heavy atom. The van der Waals surface area contributed by atoms with E-state index in [1.807, 2.05) is 19.9 Å². The maximum absolute atomic E-state index is 12.0. The van der Waals surface area contributed by atoms with E-state index in [1.165, 1.54) is 0 Å². The molecule has 0 saturated carbocycles. The van der Waals surface area contributed by atoms with Crippen LogP contribution in [0.1, 0.15) is 26.7 Å². The fraction of sp³-hybridized carbons (Fsp3) is 0.700. The average molecular weight is 268 g/mol. The largest absolute Gasteiger partial charge is 0.304 e. The molecular weight excluding hydrogens is 253 g/mol. The van der Waals surface area contributed by atoms with Crippen LogP contribution in [-0.2, 0) is 4.79 Å². The summed E-state index contributed by atoms with van der Waals surface area (Å²) in [5.41, 5.74) is 0. The molecule has 1 aliphatic heterocycles. The van der Waals surface area contributed by atoms with Crippen molar-refractivity contribution in [2.45, 2.75) is 31.0 Å². The summed E-state index contributed by atoms with van der Waals surface area (Å²) in [6.07, 6.45) is 3.34. The Bertz CT molecular complexity index is 279. The van der Waals surface area contributed by atoms with Gasteiger partial charge in [0.15, 0.2) is 4.33 Å². The SMILES string of the molecule is C/C=C1\SCCCN1C(=O)C(Cl)(Cl)CC. The van der Waals surface area contributed by atoms with Crippen LogP contribution in [0.4, 0.5) is 0 Å². The van der Waals surface area contributed by atoms with Crippen molar-refractivity contribution in [3.8, 4) is 0 Å². The Hall–Kier alpha value is 0.140. The maximum atomic E-state index is 12.0. The minimum absolute atomic E-state index is 0.200. The van der Waals surface area contributed by atoms with Crippen molar-refractivity contribution in [2.75, 3.05) is 12.3 Å². The first-order valence-corrected chi connectivity index (χ1v) is 6.76. The van der Waals surface area contributed by atoms with E-state index in [0.29, 0.717) is 13.0 Å². The fourth-order valence-electron chi connectivity index (χ4n) is 1.38. The summed E-state index contributed by atoms with van der Waals surface area (Å²) in [4.78, 5) is 13.7. The summed E-state index contributed by atoms with van der Waals surface area (Å²) in [7, 11) is 0. The molecule has 0 spiro atoms. The molecule has 86 valence electrons. The van der Waals surface area contributed by atoms with Gasteiger partial charge in [-0.15, -0.1) is 11.8 Å². The number of nitrogens with zero attached hydrogens (tertiary/aromatic N) is 1. The van der Waals surface area contributed by atoms with Gasteiger partial charge in [0.05, 0.1) is 5.03 Å². The molecule has 1 heterocycles. The zero-order valence-electron chi connectivity index (χ0n) is 8.93. The van der Waals surface area contributed by atoms with Crippen LogP contribution >= 0.6 is 35.0 Å². The highest BCUT2D eigenvalue weighted by molar-refractivity contribution is 8.03. The molecule has 0 radical (unpaired) electrons. The minimum atomic E-state index is -1.29. The number of carbonyl (C=O) groups excluding carboxylic acids is 1. The van der Waals surface area contributed by atoms with E-state index in [-0.39, 0.29) is 5.91 Å². The minimum Gasteiger partial charge on any atom is -0.304 e. The molecule has 15 heavy (non-hydrogen) atoms. The van der Waals surface area contributed by atoms with E-state index in [0.717, 1.165) is 17.2 Å². The van der Waals surface area contributed by atoms with E-state index in [2.05, 4.69) is 0 Å². The number of carbonyl (C=O) groups is 1. The topological polar surface area (TPSA) is 20.3 Å². The molecule has 0 aromatic heterocycles. The number of alkyl halides is 2. The van der Waals surface area contributed by atoms with Crippen LogP contribution < -0.4 is 0 Å². The summed E-state index contributed by atoms with van der Waals surface area (Å²) < 4.78 is -1.29. The number of thioether (sulfide) groups is 1. The van der Waals surface area contributed by atoms with Gasteiger partial charge in [-0.05, 0) is 19.8 Å². The van der Waals surface area contributed by atoms with Crippen molar-refractivity contribution in [1.82, 2.24) is 4.90 Å². The van der Waals surface area contributed by atoms with Crippen LogP contribution in [0.15, 0.2) is 11.1 Å². The molecule has 0 N–H and O–H groups in total. The van der Waals surface area contributed by atoms with E-state index in [4.69, 9.17) is 23.2 Å². The monoisotopic (exact) mass is 267 g/mol. The van der Waals surface area contributed by atoms with Gasteiger partial charge in [-0.1, -0.05) is 36.2 Å². The zero-order chi connectivity index (χ0) is 11.5. The molecule has 1 saturated heterocycles. The number of allylic oxidation sites excluding steroid dienone is 1. The zero-order valence-corrected chi connectivity index (χ0v) is 11.3. The Morgan fingerprint density at radius 3 is 2.87 bits per heavy atom. The molecule has 1 amide bonds. The Labute approximate surface area is 105 Å². The first kappa shape index (κ1) is 13.2. The molecule has 0 aromatic carbocycles. The summed E-state index contributed by atoms with van der Waals surface area (Å²) in [6.45, 7) is 4.45. The van der Waals surface area contributed by atoms with Crippen molar-refractivity contribution in [3.05, 3.63) is 11.1 Å². The number of hydrogen-bond donors (Lipinski definition) is 0. The number of halogens is 2. The molecule has 1 aliphatic rings. The van der Waals surface area contributed by atoms with Crippen LogP contribution in [0, 0.1) is 0 Å². The van der Waals surface area contributed by atoms with E-state index >= 15 is 0 Å². The average Bonchev–Trinajstić information content (AvgIpc) is 2.28. The molecule has 5 heteroatoms. The van der Waals surface area contributed by atoms with Gasteiger partial charge < -0.3 is 4.90 Å². The normalized spacial score (nSPS) is 20.8. The standard InChI is InChI=1S/C10H15Cl2NOS/c1-3-8-13(6-5-7-15-8)9(14)10(11,12)4-2/h3H,4-7H2,1-2H3/b8-3-. The molecule has 1 fully saturated rings. The van der Waals surface area contributed by atoms with Crippen molar-refractivity contribution in [3.63, 3.8) is 0 Å². The van der Waals surface area contributed by atoms with Gasteiger partial charge in [-0.3, -0.25) is 4.79 Å². The predicted octanol–water partition coefficient (Wildman–Crippen LogP) is 3.40. The van der Waals surface area contributed by atoms with Crippen LogP contribution in [-0.4, -0.2) is 27.4 Å². The van der Waals surface area contributed by atoms with Crippen molar-refractivity contribution in [1.29, 1.82) is 0 Å². The third-order valence-electron chi connectivity index (χ3n) is 2.29. The highest BCUT2D eigenvalue weighted by Gasteiger charge is 2.37. The molecule has 0 unspecified atom stereocenters. The Morgan fingerprint density at radius 2 is 2.33 bits per heavy atom. The summed E-state index contributed by atoms with van der Waals surface area (Å²) in [6, 6.07) is 0. The van der Waals surface area contributed by atoms with Crippen LogP contribution in [0.2, 0.25) is 0 Å². The maximum Gasteiger partial charge on any atom is 0.263 e. The fourth-order valence-corrected chi connectivity index (χ4v) is 2.56. The number of amides is 1. The smallest absolute Gasteiger partial charge is 0.263 e. The lowest BCUT2D eigenvalue weighted by atomic mass is 10.2. The first-order valence-electron chi connectivity index (χ1n) is 5.02. The third kappa shape index (κ3) is 3.05. The summed E-state index contributed by atoms with van der Waals surface area (Å²) >= 11 is 13.6. The van der Waals surface area contributed by atoms with Crippen molar-refractivity contribution in [2.24, 2.45) is 0 Å². The van der Waals surface area contributed by atoms with Gasteiger partial charge >= 0.3 is 0 Å². The second-order valence-electron chi connectivity index (χ2n) is 3.34. The van der Waals surface area contributed by atoms with Gasteiger partial charge in [-0.2, -0.15) is 0 Å².